The zero-order valence-electron chi connectivity index (χ0n) is 24.4. The van der Waals surface area contributed by atoms with Gasteiger partial charge in [0.2, 0.25) is 0 Å². The molecule has 0 aliphatic heterocycles. The fourth-order valence-corrected chi connectivity index (χ4v) is 6.67. The molecule has 3 aliphatic rings. The molecule has 4 nitrogen and oxygen atoms in total. The van der Waals surface area contributed by atoms with Gasteiger partial charge in [-0.15, -0.1) is 0 Å². The number of hydrogen-bond donors (Lipinski definition) is 1. The Balaban J connectivity index is 1.48. The molecule has 5 heteroatoms. The molecule has 0 heterocycles. The van der Waals surface area contributed by atoms with E-state index in [9.17, 15) is 4.79 Å². The van der Waals surface area contributed by atoms with Crippen LogP contribution in [0.2, 0.25) is 0 Å². The van der Waals surface area contributed by atoms with Gasteiger partial charge in [-0.3, -0.25) is 4.79 Å². The lowest BCUT2D eigenvalue weighted by molar-refractivity contribution is -0.147. The highest BCUT2D eigenvalue weighted by Crippen LogP contribution is 2.53. The molecule has 0 amide bonds. The lowest BCUT2D eigenvalue weighted by Crippen LogP contribution is -2.25. The summed E-state index contributed by atoms with van der Waals surface area (Å²) >= 11 is 0. The van der Waals surface area contributed by atoms with Crippen LogP contribution in [0.1, 0.15) is 112 Å². The third-order valence-electron chi connectivity index (χ3n) is 8.66. The minimum atomic E-state index is -0.261. The zero-order chi connectivity index (χ0) is 28.4. The van der Waals surface area contributed by atoms with Gasteiger partial charge >= 0.3 is 5.97 Å². The molecule has 3 aromatic rings. The highest BCUT2D eigenvalue weighted by molar-refractivity contribution is 5.73. The molecular weight excluding hydrogens is 501 g/mol. The average molecular weight is 544 g/mol. The van der Waals surface area contributed by atoms with Crippen LogP contribution < -0.4 is 10.1 Å². The van der Waals surface area contributed by atoms with Crippen molar-refractivity contribution in [3.8, 4) is 16.9 Å². The normalized spacial score (nSPS) is 19.3. The van der Waals surface area contributed by atoms with Crippen LogP contribution in [0.15, 0.2) is 54.6 Å². The lowest BCUT2D eigenvalue weighted by atomic mass is 9.64. The molecule has 3 aromatic carbocycles. The van der Waals surface area contributed by atoms with E-state index in [0.717, 1.165) is 22.4 Å². The van der Waals surface area contributed by atoms with E-state index in [4.69, 9.17) is 9.47 Å². The number of methoxy groups -OCH3 is 1. The van der Waals surface area contributed by atoms with E-state index >= 15 is 4.39 Å². The van der Waals surface area contributed by atoms with Crippen LogP contribution in [0.3, 0.4) is 0 Å². The number of benzene rings is 3. The highest BCUT2D eigenvalue weighted by atomic mass is 19.1. The monoisotopic (exact) mass is 543 g/mol. The number of aryl methyl sites for hydroxylation is 1. The van der Waals surface area contributed by atoms with Gasteiger partial charge in [0, 0.05) is 18.5 Å². The SMILES string of the molecule is COc1cccc([C@@H](C)NC(C)c2cc(-c3cc(F)cc(CCC(=O)OC(C)C)c3)c3c(c2)C2CCC3CC2)c1. The first-order valence-corrected chi connectivity index (χ1v) is 14.8. The number of nitrogens with one attached hydrogen (secondary N) is 1. The van der Waals surface area contributed by atoms with Gasteiger partial charge in [0.15, 0.2) is 0 Å². The second-order valence-corrected chi connectivity index (χ2v) is 11.9. The number of hydrogen-bond acceptors (Lipinski definition) is 4. The minimum Gasteiger partial charge on any atom is -0.497 e. The van der Waals surface area contributed by atoms with Crippen molar-refractivity contribution < 1.29 is 18.7 Å². The van der Waals surface area contributed by atoms with Crippen LogP contribution in [-0.2, 0) is 16.0 Å². The molecule has 40 heavy (non-hydrogen) atoms. The van der Waals surface area contributed by atoms with E-state index in [1.807, 2.05) is 26.0 Å². The van der Waals surface area contributed by atoms with E-state index in [1.54, 1.807) is 19.2 Å². The van der Waals surface area contributed by atoms with E-state index < -0.39 is 0 Å². The number of fused-ring (bicyclic) bond motifs is 2. The fraction of sp³-hybridized carbons (Fsp3) is 0.457. The van der Waals surface area contributed by atoms with Crippen molar-refractivity contribution in [1.82, 2.24) is 5.32 Å². The largest absolute Gasteiger partial charge is 0.497 e. The van der Waals surface area contributed by atoms with Crippen molar-refractivity contribution in [3.05, 3.63) is 88.2 Å². The molecule has 1 unspecified atom stereocenters. The first-order valence-electron chi connectivity index (χ1n) is 14.8. The number of carbonyl (C=O) groups excluding carboxylic acids is 1. The Kier molecular flexibility index (Phi) is 8.60. The predicted molar refractivity (Wildman–Crippen MR) is 158 cm³/mol. The molecule has 1 fully saturated rings. The van der Waals surface area contributed by atoms with E-state index in [-0.39, 0.29) is 36.4 Å². The van der Waals surface area contributed by atoms with Crippen LogP contribution in [0.5, 0.6) is 5.75 Å². The van der Waals surface area contributed by atoms with Crippen LogP contribution in [0.4, 0.5) is 4.39 Å². The number of carbonyl (C=O) groups is 1. The van der Waals surface area contributed by atoms with Crippen molar-refractivity contribution in [2.45, 2.75) is 96.2 Å². The number of halogens is 1. The molecule has 6 rings (SSSR count). The Labute approximate surface area is 238 Å². The van der Waals surface area contributed by atoms with Gasteiger partial charge in [-0.2, -0.15) is 0 Å². The van der Waals surface area contributed by atoms with Crippen molar-refractivity contribution >= 4 is 5.97 Å². The summed E-state index contributed by atoms with van der Waals surface area (Å²) in [4.78, 5) is 12.2. The molecule has 0 spiro atoms. The van der Waals surface area contributed by atoms with Gasteiger partial charge in [0.25, 0.3) is 0 Å². The third kappa shape index (κ3) is 6.25. The molecule has 0 aromatic heterocycles. The molecule has 0 saturated heterocycles. The van der Waals surface area contributed by atoms with Gasteiger partial charge in [0.05, 0.1) is 13.2 Å². The van der Waals surface area contributed by atoms with Crippen LogP contribution >= 0.6 is 0 Å². The maximum Gasteiger partial charge on any atom is 0.306 e. The van der Waals surface area contributed by atoms with Crippen molar-refractivity contribution in [3.63, 3.8) is 0 Å². The number of rotatable bonds is 10. The number of esters is 1. The van der Waals surface area contributed by atoms with E-state index in [0.29, 0.717) is 18.3 Å². The van der Waals surface area contributed by atoms with Gasteiger partial charge in [-0.25, -0.2) is 4.39 Å². The zero-order valence-corrected chi connectivity index (χ0v) is 24.4. The van der Waals surface area contributed by atoms with E-state index in [2.05, 4.69) is 49.5 Å². The Bertz CT molecular complexity index is 1360. The van der Waals surface area contributed by atoms with Crippen molar-refractivity contribution in [2.75, 3.05) is 7.11 Å². The summed E-state index contributed by atoms with van der Waals surface area (Å²) in [6.07, 6.45) is 5.42. The summed E-state index contributed by atoms with van der Waals surface area (Å²) in [6, 6.07) is 18.4. The van der Waals surface area contributed by atoms with Crippen LogP contribution in [0, 0.1) is 5.82 Å². The Morgan fingerprint density at radius 3 is 2.38 bits per heavy atom. The van der Waals surface area contributed by atoms with Gasteiger partial charge in [-0.05, 0) is 141 Å². The summed E-state index contributed by atoms with van der Waals surface area (Å²) in [5.41, 5.74) is 8.14. The average Bonchev–Trinajstić information content (AvgIpc) is 2.95. The molecule has 2 atom stereocenters. The van der Waals surface area contributed by atoms with Crippen LogP contribution in [-0.4, -0.2) is 19.2 Å². The molecule has 3 aliphatic carbocycles. The Hall–Kier alpha value is -3.18. The van der Waals surface area contributed by atoms with Crippen molar-refractivity contribution in [2.24, 2.45) is 0 Å². The third-order valence-corrected chi connectivity index (χ3v) is 8.66. The standard InChI is InChI=1S/C35H42FNO3/c1-21(2)40-34(38)14-9-24-15-29(17-30(36)16-24)33-20-28(19-32-25-10-12-26(13-11-25)35(32)33)23(4)37-22(3)27-7-6-8-31(18-27)39-5/h6-8,15-23,25-26,37H,9-14H2,1-5H3/t22-,23?,25?,26?/m1/s1. The lowest BCUT2D eigenvalue weighted by Gasteiger charge is -2.40. The van der Waals surface area contributed by atoms with E-state index in [1.165, 1.54) is 47.9 Å². The maximum atomic E-state index is 15.0. The van der Waals surface area contributed by atoms with Crippen LogP contribution in [0.25, 0.3) is 11.1 Å². The quantitative estimate of drug-likeness (QED) is 0.260. The van der Waals surface area contributed by atoms with Gasteiger partial charge < -0.3 is 14.8 Å². The molecular formula is C35H42FNO3. The first kappa shape index (κ1) is 28.4. The summed E-state index contributed by atoms with van der Waals surface area (Å²) in [6.45, 7) is 8.07. The highest BCUT2D eigenvalue weighted by Gasteiger charge is 2.35. The summed E-state index contributed by atoms with van der Waals surface area (Å²) < 4.78 is 25.7. The predicted octanol–water partition coefficient (Wildman–Crippen LogP) is 8.55. The van der Waals surface area contributed by atoms with Gasteiger partial charge in [0.1, 0.15) is 11.6 Å². The molecule has 2 bridgehead atoms. The maximum absolute atomic E-state index is 15.0. The molecule has 1 N–H and O–H groups in total. The summed E-state index contributed by atoms with van der Waals surface area (Å²) in [5, 5.41) is 3.78. The summed E-state index contributed by atoms with van der Waals surface area (Å²) in [7, 11) is 1.69. The molecule has 0 radical (unpaired) electrons. The fourth-order valence-electron chi connectivity index (χ4n) is 6.67. The Morgan fingerprint density at radius 1 is 0.925 bits per heavy atom. The molecule has 212 valence electrons. The second kappa shape index (κ2) is 12.1. The molecule has 1 saturated carbocycles. The summed E-state index contributed by atoms with van der Waals surface area (Å²) in [5.74, 6) is 1.44. The smallest absolute Gasteiger partial charge is 0.306 e. The first-order chi connectivity index (χ1) is 19.2. The number of ether oxygens (including phenoxy) is 2. The van der Waals surface area contributed by atoms with Gasteiger partial charge in [-0.1, -0.05) is 24.3 Å². The minimum absolute atomic E-state index is 0.101. The second-order valence-electron chi connectivity index (χ2n) is 11.9. The Morgan fingerprint density at radius 2 is 1.65 bits per heavy atom. The topological polar surface area (TPSA) is 47.6 Å². The van der Waals surface area contributed by atoms with Crippen molar-refractivity contribution in [1.29, 1.82) is 0 Å².